The number of rotatable bonds is 5. The van der Waals surface area contributed by atoms with Gasteiger partial charge in [0.2, 0.25) is 5.82 Å². The summed E-state index contributed by atoms with van der Waals surface area (Å²) in [7, 11) is 1.70. The van der Waals surface area contributed by atoms with E-state index in [0.29, 0.717) is 0 Å². The highest BCUT2D eigenvalue weighted by molar-refractivity contribution is 5.57. The van der Waals surface area contributed by atoms with Crippen LogP contribution in [0.3, 0.4) is 0 Å². The van der Waals surface area contributed by atoms with Crippen molar-refractivity contribution in [3.63, 3.8) is 0 Å². The summed E-state index contributed by atoms with van der Waals surface area (Å²) in [6, 6.07) is 18.6. The van der Waals surface area contributed by atoms with E-state index in [0.717, 1.165) is 42.3 Å². The van der Waals surface area contributed by atoms with Crippen molar-refractivity contribution in [1.82, 2.24) is 9.97 Å². The van der Waals surface area contributed by atoms with E-state index in [2.05, 4.69) is 31.2 Å². The van der Waals surface area contributed by atoms with Crippen molar-refractivity contribution >= 4 is 5.82 Å². The third-order valence-electron chi connectivity index (χ3n) is 5.58. The maximum absolute atomic E-state index is 5.30. The molecular formula is C24H28N3O+. The predicted molar refractivity (Wildman–Crippen MR) is 112 cm³/mol. The van der Waals surface area contributed by atoms with Gasteiger partial charge in [-0.3, -0.25) is 4.90 Å². The molecule has 2 aromatic carbocycles. The highest BCUT2D eigenvalue weighted by Crippen LogP contribution is 2.24. The Kier molecular flexibility index (Phi) is 5.68. The number of aryl methyl sites for hydroxylation is 1. The molecule has 4 rings (SSSR count). The van der Waals surface area contributed by atoms with Gasteiger partial charge in [0.1, 0.15) is 5.75 Å². The summed E-state index contributed by atoms with van der Waals surface area (Å²) in [4.78, 5) is 11.5. The van der Waals surface area contributed by atoms with Gasteiger partial charge in [-0.2, -0.15) is 4.98 Å². The van der Waals surface area contributed by atoms with Crippen molar-refractivity contribution in [2.24, 2.45) is 0 Å². The van der Waals surface area contributed by atoms with E-state index in [-0.39, 0.29) is 0 Å². The van der Waals surface area contributed by atoms with Gasteiger partial charge in [0.25, 0.3) is 0 Å². The Bertz CT molecular complexity index is 917. The summed E-state index contributed by atoms with van der Waals surface area (Å²) in [6.07, 6.45) is 4.71. The molecule has 0 spiro atoms. The minimum Gasteiger partial charge on any atom is -0.497 e. The average Bonchev–Trinajstić information content (AvgIpc) is 2.76. The van der Waals surface area contributed by atoms with Crippen LogP contribution >= 0.6 is 0 Å². The number of aromatic nitrogens is 2. The topological polar surface area (TPSA) is 39.5 Å². The largest absolute Gasteiger partial charge is 0.497 e. The van der Waals surface area contributed by atoms with Crippen LogP contribution in [0.5, 0.6) is 5.75 Å². The lowest BCUT2D eigenvalue weighted by Crippen LogP contribution is -3.08. The Balaban J connectivity index is 1.74. The molecule has 1 fully saturated rings. The molecule has 0 amide bonds. The van der Waals surface area contributed by atoms with E-state index in [9.17, 15) is 0 Å². The SMILES string of the molecule is COc1ccc(Cc2c(C)nc(-c3ccccc3)nc2[NH+]2CCCCC2)cc1. The van der Waals surface area contributed by atoms with Crippen LogP contribution in [0.1, 0.15) is 36.1 Å². The Labute approximate surface area is 167 Å². The molecule has 144 valence electrons. The van der Waals surface area contributed by atoms with Gasteiger partial charge in [-0.1, -0.05) is 42.5 Å². The minimum atomic E-state index is 0.838. The maximum Gasteiger partial charge on any atom is 0.233 e. The molecule has 1 N–H and O–H groups in total. The molecule has 28 heavy (non-hydrogen) atoms. The number of hydrogen-bond donors (Lipinski definition) is 1. The number of nitrogens with one attached hydrogen (secondary N) is 1. The van der Waals surface area contributed by atoms with Crippen molar-refractivity contribution < 1.29 is 9.64 Å². The van der Waals surface area contributed by atoms with Crippen molar-refractivity contribution in [3.05, 3.63) is 71.4 Å². The summed E-state index contributed by atoms with van der Waals surface area (Å²) in [5.41, 5.74) is 4.69. The van der Waals surface area contributed by atoms with Gasteiger partial charge in [-0.15, -0.1) is 0 Å². The number of piperidine rings is 1. The lowest BCUT2D eigenvalue weighted by molar-refractivity contribution is -0.841. The Hall–Kier alpha value is -2.72. The fourth-order valence-electron chi connectivity index (χ4n) is 3.98. The van der Waals surface area contributed by atoms with Gasteiger partial charge in [-0.05, 0) is 43.9 Å². The number of quaternary nitrogens is 1. The molecule has 0 bridgehead atoms. The van der Waals surface area contributed by atoms with E-state index in [1.807, 2.05) is 30.3 Å². The summed E-state index contributed by atoms with van der Waals surface area (Å²) >= 11 is 0. The molecular weight excluding hydrogens is 346 g/mol. The summed E-state index contributed by atoms with van der Waals surface area (Å²) in [5.74, 6) is 2.91. The molecule has 4 heteroatoms. The lowest BCUT2D eigenvalue weighted by Gasteiger charge is -2.25. The Morgan fingerprint density at radius 2 is 1.61 bits per heavy atom. The lowest BCUT2D eigenvalue weighted by atomic mass is 10.0. The monoisotopic (exact) mass is 374 g/mol. The van der Waals surface area contributed by atoms with Crippen molar-refractivity contribution in [1.29, 1.82) is 0 Å². The zero-order valence-electron chi connectivity index (χ0n) is 16.7. The van der Waals surface area contributed by atoms with Gasteiger partial charge >= 0.3 is 0 Å². The fraction of sp³-hybridized carbons (Fsp3) is 0.333. The summed E-state index contributed by atoms with van der Waals surface area (Å²) < 4.78 is 5.30. The van der Waals surface area contributed by atoms with Crippen LogP contribution in [-0.2, 0) is 6.42 Å². The maximum atomic E-state index is 5.30. The van der Waals surface area contributed by atoms with E-state index in [1.165, 1.54) is 41.1 Å². The predicted octanol–water partition coefficient (Wildman–Crippen LogP) is 3.75. The molecule has 4 nitrogen and oxygen atoms in total. The van der Waals surface area contributed by atoms with E-state index >= 15 is 0 Å². The number of ether oxygens (including phenoxy) is 1. The third kappa shape index (κ3) is 4.07. The van der Waals surface area contributed by atoms with Gasteiger partial charge in [0.15, 0.2) is 5.82 Å². The van der Waals surface area contributed by atoms with Crippen LogP contribution < -0.4 is 9.64 Å². The van der Waals surface area contributed by atoms with Crippen LogP contribution in [-0.4, -0.2) is 30.2 Å². The molecule has 0 saturated carbocycles. The number of benzene rings is 2. The average molecular weight is 375 g/mol. The zero-order valence-corrected chi connectivity index (χ0v) is 16.7. The first kappa shape index (κ1) is 18.6. The van der Waals surface area contributed by atoms with Gasteiger partial charge in [-0.25, -0.2) is 4.98 Å². The molecule has 1 aromatic heterocycles. The normalized spacial score (nSPS) is 14.8. The van der Waals surface area contributed by atoms with Crippen LogP contribution in [0.4, 0.5) is 5.82 Å². The van der Waals surface area contributed by atoms with Crippen LogP contribution in [0.15, 0.2) is 54.6 Å². The van der Waals surface area contributed by atoms with Gasteiger partial charge in [0, 0.05) is 12.0 Å². The Morgan fingerprint density at radius 1 is 0.893 bits per heavy atom. The number of methoxy groups -OCH3 is 1. The zero-order chi connectivity index (χ0) is 19.3. The first-order valence-electron chi connectivity index (χ1n) is 10.2. The molecule has 0 aliphatic carbocycles. The second-order valence-corrected chi connectivity index (χ2v) is 7.51. The molecule has 0 atom stereocenters. The van der Waals surface area contributed by atoms with Crippen molar-refractivity contribution in [2.75, 3.05) is 20.2 Å². The summed E-state index contributed by atoms with van der Waals surface area (Å²) in [6.45, 7) is 4.43. The summed E-state index contributed by atoms with van der Waals surface area (Å²) in [5, 5.41) is 0. The highest BCUT2D eigenvalue weighted by Gasteiger charge is 2.25. The highest BCUT2D eigenvalue weighted by atomic mass is 16.5. The quantitative estimate of drug-likeness (QED) is 0.739. The Morgan fingerprint density at radius 3 is 2.29 bits per heavy atom. The molecule has 0 radical (unpaired) electrons. The smallest absolute Gasteiger partial charge is 0.233 e. The standard InChI is InChI=1S/C24H27N3O/c1-18-22(17-19-11-13-21(28-2)14-12-19)24(27-15-7-4-8-16-27)26-23(25-18)20-9-5-3-6-10-20/h3,5-6,9-14H,4,7-8,15-17H2,1-2H3/p+1. The van der Waals surface area contributed by atoms with Crippen molar-refractivity contribution in [2.45, 2.75) is 32.6 Å². The number of nitrogens with zero attached hydrogens (tertiary/aromatic N) is 2. The molecule has 0 unspecified atom stereocenters. The molecule has 1 saturated heterocycles. The minimum absolute atomic E-state index is 0.838. The van der Waals surface area contributed by atoms with E-state index in [1.54, 1.807) is 7.11 Å². The second-order valence-electron chi connectivity index (χ2n) is 7.51. The molecule has 3 aromatic rings. The van der Waals surface area contributed by atoms with Crippen LogP contribution in [0, 0.1) is 6.92 Å². The third-order valence-corrected chi connectivity index (χ3v) is 5.58. The number of hydrogen-bond acceptors (Lipinski definition) is 3. The molecule has 1 aliphatic rings. The molecule has 2 heterocycles. The van der Waals surface area contributed by atoms with Crippen molar-refractivity contribution in [3.8, 4) is 17.1 Å². The van der Waals surface area contributed by atoms with Crippen LogP contribution in [0.25, 0.3) is 11.4 Å². The fourth-order valence-corrected chi connectivity index (χ4v) is 3.98. The first-order chi connectivity index (χ1) is 13.7. The van der Waals surface area contributed by atoms with Gasteiger partial charge < -0.3 is 4.74 Å². The van der Waals surface area contributed by atoms with E-state index < -0.39 is 0 Å². The van der Waals surface area contributed by atoms with Gasteiger partial charge in [0.05, 0.1) is 31.5 Å². The second kappa shape index (κ2) is 8.53. The van der Waals surface area contributed by atoms with E-state index in [4.69, 9.17) is 14.7 Å². The first-order valence-corrected chi connectivity index (χ1v) is 10.2. The molecule has 1 aliphatic heterocycles. The van der Waals surface area contributed by atoms with Crippen LogP contribution in [0.2, 0.25) is 0 Å².